The van der Waals surface area contributed by atoms with Crippen molar-refractivity contribution in [3.8, 4) is 55.6 Å². The van der Waals surface area contributed by atoms with Crippen molar-refractivity contribution in [2.45, 2.75) is 12.8 Å². The summed E-state index contributed by atoms with van der Waals surface area (Å²) in [4.78, 5) is 2.44. The number of hydrogen-bond donors (Lipinski definition) is 0. The van der Waals surface area contributed by atoms with E-state index in [1.54, 1.807) is 0 Å². The molecule has 8 aromatic rings. The second-order valence-corrected chi connectivity index (χ2v) is 14.0. The third kappa shape index (κ3) is 7.09. The smallest absolute Gasteiger partial charge is 0.0468 e. The number of hydrogen-bond acceptors (Lipinski definition) is 1. The highest BCUT2D eigenvalue weighted by Gasteiger charge is 2.21. The zero-order valence-corrected chi connectivity index (χ0v) is 30.7. The molecular formula is C54H41N. The predicted octanol–water partition coefficient (Wildman–Crippen LogP) is 15.2. The van der Waals surface area contributed by atoms with Crippen LogP contribution in [0.3, 0.4) is 0 Å². The average molecular weight is 704 g/mol. The lowest BCUT2D eigenvalue weighted by molar-refractivity contribution is 1.04. The molecule has 0 atom stereocenters. The third-order valence-electron chi connectivity index (χ3n) is 10.5. The monoisotopic (exact) mass is 703 g/mol. The van der Waals surface area contributed by atoms with Crippen molar-refractivity contribution in [1.29, 1.82) is 0 Å². The van der Waals surface area contributed by atoms with Crippen LogP contribution in [-0.2, 0) is 0 Å². The van der Waals surface area contributed by atoms with Gasteiger partial charge in [0.2, 0.25) is 0 Å². The van der Waals surface area contributed by atoms with E-state index >= 15 is 0 Å². The van der Waals surface area contributed by atoms with Gasteiger partial charge in [0, 0.05) is 17.1 Å². The SMILES string of the molecule is C1=CC(c2cc(N(c3ccc(-c4ccccc4)c(-c4ccccc4)c3)c3ccc(-c4ccccc4)c(-c4ccccc4)c3)ccc2-c2ccccc2)=CCC1. The van der Waals surface area contributed by atoms with Crippen molar-refractivity contribution < 1.29 is 0 Å². The molecule has 0 spiro atoms. The van der Waals surface area contributed by atoms with Crippen molar-refractivity contribution in [1.82, 2.24) is 0 Å². The maximum absolute atomic E-state index is 2.44. The quantitative estimate of drug-likeness (QED) is 0.145. The van der Waals surface area contributed by atoms with Crippen molar-refractivity contribution in [2.24, 2.45) is 0 Å². The Bertz CT molecular complexity index is 2480. The van der Waals surface area contributed by atoms with Gasteiger partial charge < -0.3 is 4.90 Å². The Kier molecular flexibility index (Phi) is 9.58. The molecule has 1 nitrogen and oxygen atoms in total. The average Bonchev–Trinajstić information content (AvgIpc) is 3.28. The molecule has 1 aliphatic carbocycles. The van der Waals surface area contributed by atoms with Gasteiger partial charge in [0.25, 0.3) is 0 Å². The van der Waals surface area contributed by atoms with Crippen molar-refractivity contribution in [2.75, 3.05) is 4.90 Å². The van der Waals surface area contributed by atoms with Crippen molar-refractivity contribution >= 4 is 22.6 Å². The van der Waals surface area contributed by atoms with Crippen molar-refractivity contribution in [3.63, 3.8) is 0 Å². The summed E-state index contributed by atoms with van der Waals surface area (Å²) in [6.45, 7) is 0. The summed E-state index contributed by atoms with van der Waals surface area (Å²) in [5.41, 5.74) is 17.8. The summed E-state index contributed by atoms with van der Waals surface area (Å²) >= 11 is 0. The van der Waals surface area contributed by atoms with Crippen LogP contribution < -0.4 is 4.90 Å². The lowest BCUT2D eigenvalue weighted by Gasteiger charge is -2.29. The lowest BCUT2D eigenvalue weighted by Crippen LogP contribution is -2.11. The molecule has 0 fully saturated rings. The fraction of sp³-hybridized carbons (Fsp3) is 0.0370. The van der Waals surface area contributed by atoms with Gasteiger partial charge in [-0.05, 0) is 116 Å². The first-order chi connectivity index (χ1) is 27.3. The van der Waals surface area contributed by atoms with E-state index in [-0.39, 0.29) is 0 Å². The molecule has 0 unspecified atom stereocenters. The normalized spacial score (nSPS) is 12.3. The molecule has 0 amide bonds. The van der Waals surface area contributed by atoms with Gasteiger partial charge in [-0.15, -0.1) is 0 Å². The predicted molar refractivity (Wildman–Crippen MR) is 235 cm³/mol. The molecule has 0 aromatic heterocycles. The summed E-state index contributed by atoms with van der Waals surface area (Å²) in [5, 5.41) is 0. The molecule has 0 bridgehead atoms. The van der Waals surface area contributed by atoms with E-state index in [2.05, 4.69) is 229 Å². The summed E-state index contributed by atoms with van der Waals surface area (Å²) in [7, 11) is 0. The molecule has 0 saturated heterocycles. The zero-order chi connectivity index (χ0) is 36.8. The second-order valence-electron chi connectivity index (χ2n) is 14.0. The van der Waals surface area contributed by atoms with Gasteiger partial charge in [-0.1, -0.05) is 188 Å². The van der Waals surface area contributed by atoms with E-state index in [1.165, 1.54) is 66.8 Å². The van der Waals surface area contributed by atoms with Crippen LogP contribution in [0.1, 0.15) is 18.4 Å². The molecule has 0 heterocycles. The topological polar surface area (TPSA) is 3.24 Å². The zero-order valence-electron chi connectivity index (χ0n) is 30.7. The van der Waals surface area contributed by atoms with Crippen LogP contribution in [0.4, 0.5) is 17.1 Å². The fourth-order valence-electron chi connectivity index (χ4n) is 7.83. The molecule has 262 valence electrons. The fourth-order valence-corrected chi connectivity index (χ4v) is 7.83. The first kappa shape index (κ1) is 33.8. The molecule has 8 aromatic carbocycles. The molecule has 0 radical (unpaired) electrons. The highest BCUT2D eigenvalue weighted by molar-refractivity contribution is 5.94. The number of nitrogens with zero attached hydrogens (tertiary/aromatic N) is 1. The van der Waals surface area contributed by atoms with E-state index < -0.39 is 0 Å². The minimum Gasteiger partial charge on any atom is -0.310 e. The largest absolute Gasteiger partial charge is 0.310 e. The highest BCUT2D eigenvalue weighted by atomic mass is 15.1. The number of anilines is 3. The first-order valence-corrected chi connectivity index (χ1v) is 19.2. The van der Waals surface area contributed by atoms with Crippen LogP contribution in [-0.4, -0.2) is 0 Å². The molecule has 1 aliphatic rings. The van der Waals surface area contributed by atoms with E-state index in [9.17, 15) is 0 Å². The van der Waals surface area contributed by atoms with Gasteiger partial charge in [0.15, 0.2) is 0 Å². The number of rotatable bonds is 9. The summed E-state index contributed by atoms with van der Waals surface area (Å²) in [6.07, 6.45) is 9.10. The van der Waals surface area contributed by atoms with E-state index in [0.717, 1.165) is 29.9 Å². The van der Waals surface area contributed by atoms with Gasteiger partial charge in [-0.2, -0.15) is 0 Å². The van der Waals surface area contributed by atoms with Crippen LogP contribution in [0.5, 0.6) is 0 Å². The van der Waals surface area contributed by atoms with Gasteiger partial charge in [0.05, 0.1) is 0 Å². The van der Waals surface area contributed by atoms with Crippen molar-refractivity contribution in [3.05, 3.63) is 230 Å². The number of allylic oxidation sites excluding steroid dienone is 4. The molecular weight excluding hydrogens is 663 g/mol. The minimum absolute atomic E-state index is 1.04. The van der Waals surface area contributed by atoms with Crippen LogP contribution in [0, 0.1) is 0 Å². The Morgan fingerprint density at radius 2 is 0.618 bits per heavy atom. The van der Waals surface area contributed by atoms with Gasteiger partial charge in [-0.25, -0.2) is 0 Å². The molecule has 0 N–H and O–H groups in total. The van der Waals surface area contributed by atoms with E-state index in [1.807, 2.05) is 0 Å². The number of benzene rings is 8. The second kappa shape index (κ2) is 15.6. The Balaban J connectivity index is 1.30. The molecule has 55 heavy (non-hydrogen) atoms. The Hall–Kier alpha value is -6.96. The van der Waals surface area contributed by atoms with E-state index in [4.69, 9.17) is 0 Å². The summed E-state index contributed by atoms with van der Waals surface area (Å²) in [6, 6.07) is 74.7. The van der Waals surface area contributed by atoms with Gasteiger partial charge >= 0.3 is 0 Å². The Labute approximate surface area is 324 Å². The van der Waals surface area contributed by atoms with Crippen LogP contribution >= 0.6 is 0 Å². The van der Waals surface area contributed by atoms with Crippen LogP contribution in [0.2, 0.25) is 0 Å². The maximum Gasteiger partial charge on any atom is 0.0468 e. The van der Waals surface area contributed by atoms with Crippen LogP contribution in [0.25, 0.3) is 61.2 Å². The summed E-state index contributed by atoms with van der Waals surface area (Å²) < 4.78 is 0. The van der Waals surface area contributed by atoms with Gasteiger partial charge in [-0.3, -0.25) is 0 Å². The Morgan fingerprint density at radius 3 is 0.964 bits per heavy atom. The third-order valence-corrected chi connectivity index (χ3v) is 10.5. The Morgan fingerprint density at radius 1 is 0.291 bits per heavy atom. The maximum atomic E-state index is 2.44. The standard InChI is InChI=1S/C54H41N/c1-7-19-40(20-8-1)49-34-31-46(37-52(49)43-25-13-4-14-26-43)55(47-32-35-50(41-21-9-2-10-22-41)53(38-47)44-27-15-5-16-28-44)48-33-36-51(42-23-11-3-12-24-42)54(39-48)45-29-17-6-18-30-45/h1-5,7-17,19-39H,6,18H2. The highest BCUT2D eigenvalue weighted by Crippen LogP contribution is 2.45. The van der Waals surface area contributed by atoms with Crippen LogP contribution in [0.15, 0.2) is 224 Å². The van der Waals surface area contributed by atoms with E-state index in [0.29, 0.717) is 0 Å². The minimum atomic E-state index is 1.04. The first-order valence-electron chi connectivity index (χ1n) is 19.2. The van der Waals surface area contributed by atoms with Gasteiger partial charge in [0.1, 0.15) is 0 Å². The lowest BCUT2D eigenvalue weighted by atomic mass is 9.90. The molecule has 0 saturated carbocycles. The molecule has 9 rings (SSSR count). The summed E-state index contributed by atoms with van der Waals surface area (Å²) in [5.74, 6) is 0. The molecule has 0 aliphatic heterocycles. The molecule has 1 heteroatoms.